The second-order valence-electron chi connectivity index (χ2n) is 6.53. The Kier molecular flexibility index (Phi) is 3.60. The Bertz CT molecular complexity index is 887. The number of rotatable bonds is 2. The molecule has 1 saturated heterocycles. The number of carbonyl (C=O) groups is 1. The van der Waals surface area contributed by atoms with Gasteiger partial charge in [-0.05, 0) is 43.5 Å². The second-order valence-corrected chi connectivity index (χ2v) is 6.53. The minimum Gasteiger partial charge on any atom is -0.331 e. The van der Waals surface area contributed by atoms with Crippen LogP contribution in [-0.2, 0) is 0 Å². The summed E-state index contributed by atoms with van der Waals surface area (Å²) in [6.45, 7) is 4.85. The zero-order valence-electron chi connectivity index (χ0n) is 14.0. The van der Waals surface area contributed by atoms with Crippen molar-refractivity contribution in [3.63, 3.8) is 0 Å². The molecule has 1 aliphatic rings. The molecule has 2 aromatic carbocycles. The maximum atomic E-state index is 13.3. The van der Waals surface area contributed by atoms with Crippen LogP contribution >= 0.6 is 0 Å². The van der Waals surface area contributed by atoms with Crippen LogP contribution < -0.4 is 0 Å². The minimum absolute atomic E-state index is 0.120. The maximum absolute atomic E-state index is 13.3. The number of carbonyl (C=O) groups excluding carboxylic acids is 1. The van der Waals surface area contributed by atoms with E-state index in [9.17, 15) is 4.79 Å². The van der Waals surface area contributed by atoms with Gasteiger partial charge in [0, 0.05) is 23.4 Å². The topological polar surface area (TPSA) is 49.0 Å². The second kappa shape index (κ2) is 5.78. The first-order valence-electron chi connectivity index (χ1n) is 8.47. The molecule has 3 aromatic rings. The molecule has 0 aliphatic carbocycles. The quantitative estimate of drug-likeness (QED) is 0.771. The van der Waals surface area contributed by atoms with Crippen molar-refractivity contribution < 1.29 is 4.79 Å². The molecule has 4 rings (SSSR count). The third-order valence-electron chi connectivity index (χ3n) is 5.05. The molecule has 4 heteroatoms. The number of hydrogen-bond acceptors (Lipinski definition) is 2. The van der Waals surface area contributed by atoms with Crippen LogP contribution in [0.15, 0.2) is 42.5 Å². The van der Waals surface area contributed by atoms with E-state index in [1.165, 1.54) is 5.56 Å². The van der Waals surface area contributed by atoms with Gasteiger partial charge in [-0.1, -0.05) is 36.4 Å². The molecule has 1 unspecified atom stereocenters. The van der Waals surface area contributed by atoms with Gasteiger partial charge in [0.2, 0.25) is 0 Å². The minimum atomic E-state index is 0.120. The average molecular weight is 319 g/mol. The molecule has 0 bridgehead atoms. The summed E-state index contributed by atoms with van der Waals surface area (Å²) in [5.41, 5.74) is 4.03. The molecule has 1 aliphatic heterocycles. The molecule has 24 heavy (non-hydrogen) atoms. The van der Waals surface area contributed by atoms with E-state index < -0.39 is 0 Å². The van der Waals surface area contributed by atoms with Gasteiger partial charge in [-0.25, -0.2) is 0 Å². The van der Waals surface area contributed by atoms with Crippen molar-refractivity contribution in [3.05, 3.63) is 65.0 Å². The van der Waals surface area contributed by atoms with Crippen LogP contribution in [-0.4, -0.2) is 27.5 Å². The van der Waals surface area contributed by atoms with E-state index in [-0.39, 0.29) is 11.9 Å². The lowest BCUT2D eigenvalue weighted by molar-refractivity contribution is 0.0737. The lowest BCUT2D eigenvalue weighted by Gasteiger charge is -2.26. The lowest BCUT2D eigenvalue weighted by atomic mass is 10.00. The molecular weight excluding hydrogens is 298 g/mol. The number of amides is 1. The summed E-state index contributed by atoms with van der Waals surface area (Å²) in [4.78, 5) is 15.3. The molecule has 0 saturated carbocycles. The van der Waals surface area contributed by atoms with E-state index in [0.717, 1.165) is 47.1 Å². The highest BCUT2D eigenvalue weighted by Gasteiger charge is 2.33. The van der Waals surface area contributed by atoms with Crippen molar-refractivity contribution in [2.75, 3.05) is 6.54 Å². The number of aromatic amines is 1. The number of fused-ring (bicyclic) bond motifs is 1. The van der Waals surface area contributed by atoms with Crippen LogP contribution in [0.1, 0.15) is 46.2 Å². The molecule has 0 spiro atoms. The Morgan fingerprint density at radius 1 is 1.17 bits per heavy atom. The summed E-state index contributed by atoms with van der Waals surface area (Å²) in [6.07, 6.45) is 2.03. The van der Waals surface area contributed by atoms with Crippen LogP contribution in [0.3, 0.4) is 0 Å². The Morgan fingerprint density at radius 2 is 1.96 bits per heavy atom. The molecule has 1 fully saturated rings. The van der Waals surface area contributed by atoms with Crippen molar-refractivity contribution in [3.8, 4) is 0 Å². The fraction of sp³-hybridized carbons (Fsp3) is 0.300. The highest BCUT2D eigenvalue weighted by Crippen LogP contribution is 2.36. The van der Waals surface area contributed by atoms with E-state index in [1.54, 1.807) is 0 Å². The number of nitrogens with one attached hydrogen (secondary N) is 1. The number of nitrogens with zero attached hydrogens (tertiary/aromatic N) is 2. The van der Waals surface area contributed by atoms with Gasteiger partial charge in [-0.3, -0.25) is 9.89 Å². The Balaban J connectivity index is 1.76. The first kappa shape index (κ1) is 14.9. The predicted molar refractivity (Wildman–Crippen MR) is 95.0 cm³/mol. The zero-order valence-corrected chi connectivity index (χ0v) is 14.0. The predicted octanol–water partition coefficient (Wildman–Crippen LogP) is 4.16. The van der Waals surface area contributed by atoms with E-state index in [1.807, 2.05) is 49.1 Å². The molecule has 4 nitrogen and oxygen atoms in total. The average Bonchev–Trinajstić information content (AvgIpc) is 3.20. The fourth-order valence-electron chi connectivity index (χ4n) is 3.93. The molecule has 0 radical (unpaired) electrons. The van der Waals surface area contributed by atoms with E-state index in [2.05, 4.69) is 22.3 Å². The zero-order chi connectivity index (χ0) is 16.7. The number of hydrogen-bond donors (Lipinski definition) is 1. The summed E-state index contributed by atoms with van der Waals surface area (Å²) >= 11 is 0. The molecule has 2 heterocycles. The SMILES string of the molecule is Cc1n[nH]c(C)c1C1CCCN1C(=O)c1cccc2ccccc12. The Labute approximate surface area is 141 Å². The highest BCUT2D eigenvalue weighted by atomic mass is 16.2. The largest absolute Gasteiger partial charge is 0.331 e. The van der Waals surface area contributed by atoms with Gasteiger partial charge in [0.1, 0.15) is 0 Å². The number of benzene rings is 2. The fourth-order valence-corrected chi connectivity index (χ4v) is 3.93. The summed E-state index contributed by atoms with van der Waals surface area (Å²) in [5.74, 6) is 0.120. The normalized spacial score (nSPS) is 17.6. The van der Waals surface area contributed by atoms with Crippen LogP contribution in [0, 0.1) is 13.8 Å². The molecule has 122 valence electrons. The van der Waals surface area contributed by atoms with Gasteiger partial charge in [0.05, 0.1) is 11.7 Å². The first-order chi connectivity index (χ1) is 11.7. The van der Waals surface area contributed by atoms with Crippen LogP contribution in [0.5, 0.6) is 0 Å². The summed E-state index contributed by atoms with van der Waals surface area (Å²) < 4.78 is 0. The highest BCUT2D eigenvalue weighted by molar-refractivity contribution is 6.07. The first-order valence-corrected chi connectivity index (χ1v) is 8.47. The van der Waals surface area contributed by atoms with Crippen molar-refractivity contribution in [2.45, 2.75) is 32.7 Å². The van der Waals surface area contributed by atoms with Gasteiger partial charge >= 0.3 is 0 Å². The Hall–Kier alpha value is -2.62. The van der Waals surface area contributed by atoms with Gasteiger partial charge in [-0.2, -0.15) is 5.10 Å². The van der Waals surface area contributed by atoms with Gasteiger partial charge in [0.15, 0.2) is 0 Å². The summed E-state index contributed by atoms with van der Waals surface area (Å²) in [7, 11) is 0. The monoisotopic (exact) mass is 319 g/mol. The van der Waals surface area contributed by atoms with E-state index in [4.69, 9.17) is 0 Å². The molecule has 1 amide bonds. The van der Waals surface area contributed by atoms with Crippen molar-refractivity contribution >= 4 is 16.7 Å². The lowest BCUT2D eigenvalue weighted by Crippen LogP contribution is -2.31. The van der Waals surface area contributed by atoms with E-state index >= 15 is 0 Å². The van der Waals surface area contributed by atoms with Crippen LogP contribution in [0.2, 0.25) is 0 Å². The number of aromatic nitrogens is 2. The van der Waals surface area contributed by atoms with Crippen LogP contribution in [0.25, 0.3) is 10.8 Å². The molecular formula is C20H21N3O. The summed E-state index contributed by atoms with van der Waals surface area (Å²) in [6, 6.07) is 14.2. The van der Waals surface area contributed by atoms with Crippen molar-refractivity contribution in [2.24, 2.45) is 0 Å². The molecule has 1 N–H and O–H groups in total. The third-order valence-corrected chi connectivity index (χ3v) is 5.05. The Morgan fingerprint density at radius 3 is 2.75 bits per heavy atom. The molecule has 1 aromatic heterocycles. The third kappa shape index (κ3) is 2.30. The van der Waals surface area contributed by atoms with Gasteiger partial charge in [-0.15, -0.1) is 0 Å². The summed E-state index contributed by atoms with van der Waals surface area (Å²) in [5, 5.41) is 9.50. The van der Waals surface area contributed by atoms with E-state index in [0.29, 0.717) is 0 Å². The maximum Gasteiger partial charge on any atom is 0.254 e. The van der Waals surface area contributed by atoms with Crippen molar-refractivity contribution in [1.82, 2.24) is 15.1 Å². The standard InChI is InChI=1S/C20H21N3O/c1-13-19(14(2)22-21-13)18-11-6-12-23(18)20(24)17-10-5-8-15-7-3-4-9-16(15)17/h3-5,7-10,18H,6,11-12H2,1-2H3,(H,21,22). The smallest absolute Gasteiger partial charge is 0.254 e. The number of likely N-dealkylation sites (tertiary alicyclic amines) is 1. The van der Waals surface area contributed by atoms with Gasteiger partial charge in [0.25, 0.3) is 5.91 Å². The number of H-pyrrole nitrogens is 1. The van der Waals surface area contributed by atoms with Crippen LogP contribution in [0.4, 0.5) is 0 Å². The van der Waals surface area contributed by atoms with Crippen molar-refractivity contribution in [1.29, 1.82) is 0 Å². The number of aryl methyl sites for hydroxylation is 2. The molecule has 1 atom stereocenters. The van der Waals surface area contributed by atoms with Gasteiger partial charge < -0.3 is 4.90 Å².